The third-order valence-corrected chi connectivity index (χ3v) is 4.12. The third kappa shape index (κ3) is 5.86. The van der Waals surface area contributed by atoms with Gasteiger partial charge in [0.25, 0.3) is 0 Å². The van der Waals surface area contributed by atoms with E-state index in [0.717, 1.165) is 30.7 Å². The Labute approximate surface area is 145 Å². The van der Waals surface area contributed by atoms with Gasteiger partial charge in [0.15, 0.2) is 11.6 Å². The molecule has 0 spiro atoms. The van der Waals surface area contributed by atoms with Gasteiger partial charge in [-0.25, -0.2) is 9.78 Å². The Bertz CT molecular complexity index is 620. The van der Waals surface area contributed by atoms with Gasteiger partial charge in [0, 0.05) is 17.9 Å². The quantitative estimate of drug-likeness (QED) is 0.388. The van der Waals surface area contributed by atoms with Gasteiger partial charge in [0.1, 0.15) is 0 Å². The highest BCUT2D eigenvalue weighted by Crippen LogP contribution is 2.20. The summed E-state index contributed by atoms with van der Waals surface area (Å²) >= 11 is 1.69. The summed E-state index contributed by atoms with van der Waals surface area (Å²) in [5, 5.41) is 18.6. The van der Waals surface area contributed by atoms with Crippen LogP contribution in [0.2, 0.25) is 0 Å². The van der Waals surface area contributed by atoms with Crippen LogP contribution in [0.4, 0.5) is 4.79 Å². The number of amides is 1. The monoisotopic (exact) mass is 349 g/mol. The number of aromatic nitrogens is 3. The molecule has 0 aliphatic rings. The van der Waals surface area contributed by atoms with Crippen molar-refractivity contribution in [3.63, 3.8) is 0 Å². The maximum Gasteiger partial charge on any atom is 0.405 e. The minimum atomic E-state index is -1.06. The number of nitrogens with one attached hydrogen (secondary N) is 3. The van der Waals surface area contributed by atoms with Gasteiger partial charge in [-0.15, -0.1) is 0 Å². The lowest BCUT2D eigenvalue weighted by molar-refractivity contribution is 0.188. The number of nitrogens with zero attached hydrogens (tertiary/aromatic N) is 2. The maximum atomic E-state index is 11.0. The molecular weight excluding hydrogens is 326 g/mol. The van der Waals surface area contributed by atoms with Crippen LogP contribution in [0.1, 0.15) is 38.1 Å². The first kappa shape index (κ1) is 18.3. The number of H-pyrrole nitrogens is 1. The number of hydrogen-bond acceptors (Lipinski definition) is 5. The van der Waals surface area contributed by atoms with Gasteiger partial charge < -0.3 is 10.4 Å². The van der Waals surface area contributed by atoms with E-state index in [0.29, 0.717) is 18.1 Å². The predicted molar refractivity (Wildman–Crippen MR) is 95.7 cm³/mol. The van der Waals surface area contributed by atoms with E-state index in [1.54, 1.807) is 11.9 Å². The molecule has 4 N–H and O–H groups in total. The van der Waals surface area contributed by atoms with Crippen molar-refractivity contribution in [1.29, 1.82) is 0 Å². The number of carboxylic acid groups (broad SMARTS) is 1. The second-order valence-electron chi connectivity index (χ2n) is 5.23. The maximum absolute atomic E-state index is 11.0. The molecule has 24 heavy (non-hydrogen) atoms. The summed E-state index contributed by atoms with van der Waals surface area (Å²) in [5.41, 5.74) is 0.922. The molecule has 130 valence electrons. The van der Waals surface area contributed by atoms with Crippen molar-refractivity contribution >= 4 is 18.0 Å². The summed E-state index contributed by atoms with van der Waals surface area (Å²) < 4.78 is 3.26. The number of aromatic amines is 1. The van der Waals surface area contributed by atoms with Gasteiger partial charge in [-0.05, 0) is 19.3 Å². The predicted octanol–water partition coefficient (Wildman–Crippen LogP) is 3.21. The van der Waals surface area contributed by atoms with E-state index >= 15 is 0 Å². The van der Waals surface area contributed by atoms with Crippen LogP contribution in [0.15, 0.2) is 30.3 Å². The van der Waals surface area contributed by atoms with E-state index in [-0.39, 0.29) is 0 Å². The number of unbranched alkanes of at least 4 members (excludes halogenated alkanes) is 1. The topological polar surface area (TPSA) is 103 Å². The minimum absolute atomic E-state index is 0.407. The lowest BCUT2D eigenvalue weighted by atomic mass is 10.1. The fourth-order valence-electron chi connectivity index (χ4n) is 2.29. The van der Waals surface area contributed by atoms with Gasteiger partial charge in [-0.3, -0.25) is 9.82 Å². The number of hydrogen-bond donors (Lipinski definition) is 4. The normalized spacial score (nSPS) is 12.0. The Morgan fingerprint density at radius 2 is 2.12 bits per heavy atom. The first-order chi connectivity index (χ1) is 11.7. The van der Waals surface area contributed by atoms with E-state index in [9.17, 15) is 4.79 Å². The summed E-state index contributed by atoms with van der Waals surface area (Å²) in [7, 11) is 0. The fraction of sp³-hybridized carbons (Fsp3) is 0.438. The van der Waals surface area contributed by atoms with Crippen LogP contribution in [0.5, 0.6) is 0 Å². The molecule has 0 saturated heterocycles. The molecule has 1 heterocycles. The van der Waals surface area contributed by atoms with Crippen molar-refractivity contribution < 1.29 is 9.90 Å². The standard InChI is InChI=1S/C16H23N5O2S/c1-2-24-17-11-7-6-10-13(18-16(22)23)15-19-14(20-21-15)12-8-4-3-5-9-12/h3-5,8-9,13,17-18H,2,6-7,10-11H2,1H3,(H,22,23)(H,19,20,21). The molecule has 2 rings (SSSR count). The van der Waals surface area contributed by atoms with Crippen molar-refractivity contribution in [1.82, 2.24) is 25.2 Å². The van der Waals surface area contributed by atoms with Crippen LogP contribution in [0.25, 0.3) is 11.4 Å². The van der Waals surface area contributed by atoms with Gasteiger partial charge in [0.2, 0.25) is 0 Å². The second-order valence-corrected chi connectivity index (χ2v) is 6.39. The molecule has 0 bridgehead atoms. The van der Waals surface area contributed by atoms with Crippen LogP contribution in [-0.2, 0) is 0 Å². The highest BCUT2D eigenvalue weighted by atomic mass is 32.2. The molecule has 0 radical (unpaired) electrons. The zero-order chi connectivity index (χ0) is 17.2. The molecule has 7 nitrogen and oxygen atoms in total. The summed E-state index contributed by atoms with van der Waals surface area (Å²) in [4.78, 5) is 15.5. The average Bonchev–Trinajstić information content (AvgIpc) is 3.07. The first-order valence-electron chi connectivity index (χ1n) is 8.02. The molecular formula is C16H23N5O2S. The van der Waals surface area contributed by atoms with Crippen LogP contribution < -0.4 is 10.0 Å². The molecule has 1 amide bonds. The van der Waals surface area contributed by atoms with Crippen molar-refractivity contribution in [3.05, 3.63) is 36.2 Å². The Hall–Kier alpha value is -2.06. The molecule has 0 aliphatic heterocycles. The molecule has 1 unspecified atom stereocenters. The zero-order valence-electron chi connectivity index (χ0n) is 13.7. The van der Waals surface area contributed by atoms with Crippen molar-refractivity contribution in [2.24, 2.45) is 0 Å². The van der Waals surface area contributed by atoms with Crippen LogP contribution in [0.3, 0.4) is 0 Å². The Morgan fingerprint density at radius 3 is 2.83 bits per heavy atom. The number of rotatable bonds is 10. The molecule has 8 heteroatoms. The molecule has 1 aromatic heterocycles. The molecule has 2 aromatic rings. The third-order valence-electron chi connectivity index (χ3n) is 3.43. The Balaban J connectivity index is 1.95. The first-order valence-corrected chi connectivity index (χ1v) is 9.01. The Morgan fingerprint density at radius 1 is 1.33 bits per heavy atom. The number of benzene rings is 1. The van der Waals surface area contributed by atoms with E-state index in [2.05, 4.69) is 32.1 Å². The van der Waals surface area contributed by atoms with E-state index in [4.69, 9.17) is 5.11 Å². The zero-order valence-corrected chi connectivity index (χ0v) is 14.5. The summed E-state index contributed by atoms with van der Waals surface area (Å²) in [6, 6.07) is 9.23. The highest BCUT2D eigenvalue weighted by Gasteiger charge is 2.19. The molecule has 1 atom stereocenters. The van der Waals surface area contributed by atoms with Gasteiger partial charge >= 0.3 is 6.09 Å². The van der Waals surface area contributed by atoms with Crippen molar-refractivity contribution in [3.8, 4) is 11.4 Å². The Kier molecular flexibility index (Phi) is 7.57. The van der Waals surface area contributed by atoms with Gasteiger partial charge in [-0.1, -0.05) is 49.2 Å². The molecule has 1 aromatic carbocycles. The fourth-order valence-corrected chi connectivity index (χ4v) is 2.78. The van der Waals surface area contributed by atoms with E-state index < -0.39 is 12.1 Å². The molecule has 0 saturated carbocycles. The SMILES string of the molecule is CCSNCCCCC(NC(=O)O)c1n[nH]c(-c2ccccc2)n1. The molecule has 0 fully saturated rings. The largest absolute Gasteiger partial charge is 0.465 e. The highest BCUT2D eigenvalue weighted by molar-refractivity contribution is 7.97. The lowest BCUT2D eigenvalue weighted by Gasteiger charge is -2.13. The summed E-state index contributed by atoms with van der Waals surface area (Å²) in [5.74, 6) is 2.15. The van der Waals surface area contributed by atoms with E-state index in [1.165, 1.54) is 0 Å². The average molecular weight is 349 g/mol. The number of carbonyl (C=O) groups is 1. The van der Waals surface area contributed by atoms with Crippen molar-refractivity contribution in [2.75, 3.05) is 12.3 Å². The van der Waals surface area contributed by atoms with E-state index in [1.807, 2.05) is 30.3 Å². The smallest absolute Gasteiger partial charge is 0.405 e. The summed E-state index contributed by atoms with van der Waals surface area (Å²) in [6.07, 6.45) is 1.46. The van der Waals surface area contributed by atoms with Crippen LogP contribution >= 0.6 is 11.9 Å². The van der Waals surface area contributed by atoms with Crippen LogP contribution in [0, 0.1) is 0 Å². The second kappa shape index (κ2) is 9.94. The molecule has 0 aliphatic carbocycles. The van der Waals surface area contributed by atoms with Gasteiger partial charge in [-0.2, -0.15) is 5.10 Å². The lowest BCUT2D eigenvalue weighted by Crippen LogP contribution is -2.27. The van der Waals surface area contributed by atoms with Crippen molar-refractivity contribution in [2.45, 2.75) is 32.2 Å². The van der Waals surface area contributed by atoms with Crippen LogP contribution in [-0.4, -0.2) is 38.7 Å². The van der Waals surface area contributed by atoms with Gasteiger partial charge in [0.05, 0.1) is 6.04 Å². The minimum Gasteiger partial charge on any atom is -0.465 e. The summed E-state index contributed by atoms with van der Waals surface area (Å²) in [6.45, 7) is 3.00.